The molecule has 1 aliphatic heterocycles. The van der Waals surface area contributed by atoms with Crippen LogP contribution in [0.1, 0.15) is 34.6 Å². The summed E-state index contributed by atoms with van der Waals surface area (Å²) in [5.41, 5.74) is -0.968. The molecule has 0 aromatic rings. The quantitative estimate of drug-likeness (QED) is 0.269. The molecule has 13 heteroatoms. The fourth-order valence-electron chi connectivity index (χ4n) is 1.57. The molecule has 0 unspecified atom stereocenters. The van der Waals surface area contributed by atoms with E-state index in [-0.39, 0.29) is 11.9 Å². The number of esters is 2. The molecule has 0 bridgehead atoms. The van der Waals surface area contributed by atoms with Gasteiger partial charge in [0.25, 0.3) is 0 Å². The van der Waals surface area contributed by atoms with Crippen molar-refractivity contribution in [1.29, 1.82) is 0 Å². The molecule has 0 aromatic heterocycles. The standard InChI is InChI=1S/2C7H16NO2.C5H7N.C5H11O5P/c2*1-7(9)10-6-5-8(2,3)4;1-2-4-6-5-3-1;1-5(2,3)4(6)10-11(7,8)9/h2*5-6H2,1-4H3;1-4,6H,5H2;1-3H3,(H2,7,8,9)/q2*+1;;/p-2. The highest BCUT2D eigenvalue weighted by atomic mass is 31.2. The van der Waals surface area contributed by atoms with Crippen LogP contribution >= 0.6 is 7.82 Å². The molecular weight excluding hydrogens is 505 g/mol. The van der Waals surface area contributed by atoms with Crippen molar-refractivity contribution >= 4 is 25.7 Å². The summed E-state index contributed by atoms with van der Waals surface area (Å²) in [5.74, 6) is -1.44. The molecule has 12 nitrogen and oxygen atoms in total. The molecule has 0 spiro atoms. The Hall–Kier alpha value is -2.24. The van der Waals surface area contributed by atoms with E-state index in [1.807, 2.05) is 18.4 Å². The van der Waals surface area contributed by atoms with Gasteiger partial charge in [0.2, 0.25) is 0 Å². The Kier molecular flexibility index (Phi) is 20.1. The summed E-state index contributed by atoms with van der Waals surface area (Å²) in [6.07, 6.45) is 8.00. The minimum atomic E-state index is -5.17. The second-order valence-corrected chi connectivity index (χ2v) is 12.1. The van der Waals surface area contributed by atoms with Crippen LogP contribution in [0.2, 0.25) is 0 Å². The van der Waals surface area contributed by atoms with E-state index in [0.29, 0.717) is 13.2 Å². The van der Waals surface area contributed by atoms with E-state index < -0.39 is 19.2 Å². The fraction of sp³-hybridized carbons (Fsp3) is 0.708. The van der Waals surface area contributed by atoms with Crippen molar-refractivity contribution in [3.8, 4) is 0 Å². The van der Waals surface area contributed by atoms with Gasteiger partial charge in [-0.2, -0.15) is 0 Å². The zero-order chi connectivity index (χ0) is 29.9. The molecule has 0 aromatic carbocycles. The Morgan fingerprint density at radius 1 is 0.865 bits per heavy atom. The van der Waals surface area contributed by atoms with Crippen LogP contribution in [-0.4, -0.2) is 102 Å². The van der Waals surface area contributed by atoms with E-state index in [2.05, 4.69) is 58.2 Å². The van der Waals surface area contributed by atoms with Gasteiger partial charge in [0.15, 0.2) is 0 Å². The third kappa shape index (κ3) is 41.2. The number of phosphoric acid groups is 1. The van der Waals surface area contributed by atoms with E-state index in [0.717, 1.165) is 28.6 Å². The number of carbonyl (C=O) groups is 3. The van der Waals surface area contributed by atoms with Gasteiger partial charge < -0.3 is 42.6 Å². The molecule has 1 aliphatic rings. The fourth-order valence-corrected chi connectivity index (χ4v) is 2.05. The van der Waals surface area contributed by atoms with Gasteiger partial charge in [-0.05, 0) is 33.0 Å². The number of rotatable bonds is 7. The number of hydrogen-bond donors (Lipinski definition) is 1. The van der Waals surface area contributed by atoms with Crippen molar-refractivity contribution in [1.82, 2.24) is 5.32 Å². The lowest BCUT2D eigenvalue weighted by molar-refractivity contribution is -0.870. The summed E-state index contributed by atoms with van der Waals surface area (Å²) in [7, 11) is 7.19. The molecule has 0 saturated carbocycles. The van der Waals surface area contributed by atoms with E-state index in [1.165, 1.54) is 34.6 Å². The lowest BCUT2D eigenvalue weighted by atomic mass is 9.98. The first kappa shape index (κ1) is 39.3. The first-order valence-electron chi connectivity index (χ1n) is 11.6. The van der Waals surface area contributed by atoms with Gasteiger partial charge in [0.1, 0.15) is 34.1 Å². The SMILES string of the molecule is C1=CCNC=C1.CC(=O)OCC[N+](C)(C)C.CC(=O)OCC[N+](C)(C)C.CC(C)(C)C(=O)OP(=O)([O-])[O-]. The lowest BCUT2D eigenvalue weighted by Crippen LogP contribution is -2.37. The molecule has 37 heavy (non-hydrogen) atoms. The van der Waals surface area contributed by atoms with Crippen molar-refractivity contribution in [2.75, 3.05) is 75.1 Å². The van der Waals surface area contributed by atoms with Gasteiger partial charge >= 0.3 is 17.9 Å². The van der Waals surface area contributed by atoms with Gasteiger partial charge in [-0.3, -0.25) is 14.4 Å². The lowest BCUT2D eigenvalue weighted by Gasteiger charge is -2.30. The normalized spacial score (nSPS) is 12.7. The summed E-state index contributed by atoms with van der Waals surface area (Å²) in [6, 6.07) is 0. The number of nitrogens with one attached hydrogen (secondary N) is 1. The summed E-state index contributed by atoms with van der Waals surface area (Å²) < 4.78 is 24.7. The molecule has 0 atom stereocenters. The van der Waals surface area contributed by atoms with Gasteiger partial charge in [0, 0.05) is 20.4 Å². The zero-order valence-corrected chi connectivity index (χ0v) is 25.3. The minimum absolute atomic E-state index is 0.201. The molecule has 0 fully saturated rings. The highest BCUT2D eigenvalue weighted by molar-refractivity contribution is 7.43. The highest BCUT2D eigenvalue weighted by Crippen LogP contribution is 2.29. The van der Waals surface area contributed by atoms with Gasteiger partial charge in [0.05, 0.1) is 47.7 Å². The molecule has 0 saturated heterocycles. The van der Waals surface area contributed by atoms with Crippen molar-refractivity contribution < 1.29 is 51.7 Å². The smallest absolute Gasteiger partial charge is 0.314 e. The van der Waals surface area contributed by atoms with Crippen LogP contribution in [0, 0.1) is 5.41 Å². The third-order valence-electron chi connectivity index (χ3n) is 3.64. The van der Waals surface area contributed by atoms with Crippen LogP contribution < -0.4 is 15.1 Å². The molecule has 1 N–H and O–H groups in total. The molecule has 0 radical (unpaired) electrons. The van der Waals surface area contributed by atoms with Crippen molar-refractivity contribution in [2.24, 2.45) is 5.41 Å². The van der Waals surface area contributed by atoms with Crippen molar-refractivity contribution in [2.45, 2.75) is 34.6 Å². The number of nitrogens with zero attached hydrogens (tertiary/aromatic N) is 2. The predicted octanol–water partition coefficient (Wildman–Crippen LogP) is 0.575. The Balaban J connectivity index is -0.000000423. The van der Waals surface area contributed by atoms with E-state index in [4.69, 9.17) is 9.47 Å². The van der Waals surface area contributed by atoms with E-state index >= 15 is 0 Å². The maximum Gasteiger partial charge on any atom is 0.314 e. The highest BCUT2D eigenvalue weighted by Gasteiger charge is 2.23. The van der Waals surface area contributed by atoms with Gasteiger partial charge in [-0.15, -0.1) is 0 Å². The van der Waals surface area contributed by atoms with Crippen LogP contribution in [0.4, 0.5) is 0 Å². The van der Waals surface area contributed by atoms with Crippen LogP contribution in [0.5, 0.6) is 0 Å². The van der Waals surface area contributed by atoms with Crippen molar-refractivity contribution in [3.05, 3.63) is 24.4 Å². The Morgan fingerprint density at radius 3 is 1.41 bits per heavy atom. The summed E-state index contributed by atoms with van der Waals surface area (Å²) in [5, 5.41) is 3.02. The first-order valence-corrected chi connectivity index (χ1v) is 13.1. The monoisotopic (exact) mass is 553 g/mol. The minimum Gasteiger partial charge on any atom is -0.780 e. The predicted molar refractivity (Wildman–Crippen MR) is 139 cm³/mol. The maximum absolute atomic E-state index is 10.7. The Labute approximate surface area is 222 Å². The topological polar surface area (TPSA) is 154 Å². The number of likely N-dealkylation sites (N-methyl/N-ethyl adjacent to an activating group) is 2. The number of quaternary nitrogens is 2. The van der Waals surface area contributed by atoms with E-state index in [9.17, 15) is 28.7 Å². The average Bonchev–Trinajstić information content (AvgIpc) is 2.66. The van der Waals surface area contributed by atoms with E-state index in [1.54, 1.807) is 0 Å². The van der Waals surface area contributed by atoms with Gasteiger partial charge in [-0.1, -0.05) is 12.2 Å². The molecule has 1 heterocycles. The molecule has 1 rings (SSSR count). The van der Waals surface area contributed by atoms with Crippen LogP contribution in [0.15, 0.2) is 24.4 Å². The number of carbonyl (C=O) groups excluding carboxylic acids is 3. The number of ether oxygens (including phenoxy) is 2. The van der Waals surface area contributed by atoms with Crippen LogP contribution in [0.3, 0.4) is 0 Å². The van der Waals surface area contributed by atoms with Crippen molar-refractivity contribution in [3.63, 3.8) is 0 Å². The molecule has 218 valence electrons. The number of phosphoric ester groups is 1. The number of hydrogen-bond acceptors (Lipinski definition) is 10. The second kappa shape index (κ2) is 18.9. The summed E-state index contributed by atoms with van der Waals surface area (Å²) in [6.45, 7) is 10.9. The van der Waals surface area contributed by atoms with Crippen LogP contribution in [0.25, 0.3) is 0 Å². The zero-order valence-electron chi connectivity index (χ0n) is 24.4. The summed E-state index contributed by atoms with van der Waals surface area (Å²) >= 11 is 0. The largest absolute Gasteiger partial charge is 0.780 e. The molecule has 0 aliphatic carbocycles. The Bertz CT molecular complexity index is 730. The summed E-state index contributed by atoms with van der Waals surface area (Å²) in [4.78, 5) is 51.1. The number of dihydropyridines is 1. The number of allylic oxidation sites excluding steroid dienone is 2. The first-order chi connectivity index (χ1) is 16.5. The maximum atomic E-state index is 10.7. The van der Waals surface area contributed by atoms with Gasteiger partial charge in [-0.25, -0.2) is 0 Å². The molecule has 0 amide bonds. The average molecular weight is 554 g/mol. The second-order valence-electron chi connectivity index (χ2n) is 11.0. The third-order valence-corrected chi connectivity index (χ3v) is 4.03. The molecular formula is C24H48N3O9P. The van der Waals surface area contributed by atoms with Crippen LogP contribution in [-0.2, 0) is 32.9 Å². The Morgan fingerprint density at radius 2 is 1.27 bits per heavy atom.